The molecule has 2 aliphatic rings. The molecular formula is C9H17NO. The number of ether oxygens (including phenoxy) is 1. The van der Waals surface area contributed by atoms with Crippen LogP contribution >= 0.6 is 0 Å². The fourth-order valence-electron chi connectivity index (χ4n) is 1.88. The van der Waals surface area contributed by atoms with E-state index in [1.54, 1.807) is 0 Å². The number of hydrogen-bond donors (Lipinski definition) is 1. The van der Waals surface area contributed by atoms with Gasteiger partial charge >= 0.3 is 0 Å². The molecule has 64 valence electrons. The average Bonchev–Trinajstić information content (AvgIpc) is 2.49. The minimum Gasteiger partial charge on any atom is -0.380 e. The van der Waals surface area contributed by atoms with Gasteiger partial charge in [-0.05, 0) is 25.2 Å². The largest absolute Gasteiger partial charge is 0.380 e. The summed E-state index contributed by atoms with van der Waals surface area (Å²) in [5, 5.41) is 3.64. The normalized spacial score (nSPS) is 43.9. The Labute approximate surface area is 68.3 Å². The van der Waals surface area contributed by atoms with Crippen molar-refractivity contribution in [1.29, 1.82) is 0 Å². The van der Waals surface area contributed by atoms with E-state index in [1.165, 1.54) is 19.3 Å². The Kier molecular flexibility index (Phi) is 2.14. The van der Waals surface area contributed by atoms with Crippen LogP contribution in [0.5, 0.6) is 0 Å². The zero-order chi connectivity index (χ0) is 7.68. The number of rotatable bonds is 2. The van der Waals surface area contributed by atoms with Crippen LogP contribution in [0.1, 0.15) is 26.2 Å². The summed E-state index contributed by atoms with van der Waals surface area (Å²) in [6.45, 7) is 4.22. The second-order valence-electron chi connectivity index (χ2n) is 3.89. The van der Waals surface area contributed by atoms with Gasteiger partial charge < -0.3 is 10.1 Å². The fourth-order valence-corrected chi connectivity index (χ4v) is 1.88. The molecule has 2 rings (SSSR count). The monoisotopic (exact) mass is 155 g/mol. The molecule has 1 saturated carbocycles. The maximum absolute atomic E-state index is 5.30. The zero-order valence-corrected chi connectivity index (χ0v) is 7.18. The quantitative estimate of drug-likeness (QED) is 0.646. The smallest absolute Gasteiger partial charge is 0.0620 e. The summed E-state index contributed by atoms with van der Waals surface area (Å²) in [5.74, 6) is 0.899. The van der Waals surface area contributed by atoms with Gasteiger partial charge in [0.1, 0.15) is 0 Å². The molecule has 1 saturated heterocycles. The lowest BCUT2D eigenvalue weighted by molar-refractivity contribution is 0.169. The van der Waals surface area contributed by atoms with Crippen LogP contribution < -0.4 is 5.32 Å². The Morgan fingerprint density at radius 3 is 2.64 bits per heavy atom. The molecule has 1 aliphatic carbocycles. The first-order valence-corrected chi connectivity index (χ1v) is 4.70. The topological polar surface area (TPSA) is 21.3 Å². The van der Waals surface area contributed by atoms with Crippen molar-refractivity contribution in [2.75, 3.05) is 13.2 Å². The van der Waals surface area contributed by atoms with Crippen molar-refractivity contribution >= 4 is 0 Å². The van der Waals surface area contributed by atoms with E-state index >= 15 is 0 Å². The molecule has 0 aromatic heterocycles. The highest BCUT2D eigenvalue weighted by molar-refractivity contribution is 4.87. The second kappa shape index (κ2) is 3.11. The van der Waals surface area contributed by atoms with Crippen LogP contribution in [0, 0.1) is 5.92 Å². The van der Waals surface area contributed by atoms with E-state index in [0.29, 0.717) is 6.04 Å². The molecule has 0 amide bonds. The molecule has 0 spiro atoms. The van der Waals surface area contributed by atoms with E-state index < -0.39 is 0 Å². The van der Waals surface area contributed by atoms with Crippen LogP contribution in [-0.2, 0) is 4.74 Å². The zero-order valence-electron chi connectivity index (χ0n) is 7.18. The number of hydrogen-bond acceptors (Lipinski definition) is 2. The first kappa shape index (κ1) is 7.56. The summed E-state index contributed by atoms with van der Waals surface area (Å²) in [6, 6.07) is 1.45. The molecule has 11 heavy (non-hydrogen) atoms. The van der Waals surface area contributed by atoms with Crippen LogP contribution in [0.4, 0.5) is 0 Å². The van der Waals surface area contributed by atoms with Gasteiger partial charge in [0.25, 0.3) is 0 Å². The SMILES string of the molecule is CC1CCC1NC1CCOC1. The first-order chi connectivity index (χ1) is 5.36. The van der Waals surface area contributed by atoms with Crippen molar-refractivity contribution in [3.63, 3.8) is 0 Å². The maximum Gasteiger partial charge on any atom is 0.0620 e. The van der Waals surface area contributed by atoms with Gasteiger partial charge in [0.05, 0.1) is 6.61 Å². The lowest BCUT2D eigenvalue weighted by Gasteiger charge is -2.36. The van der Waals surface area contributed by atoms with Gasteiger partial charge in [-0.3, -0.25) is 0 Å². The van der Waals surface area contributed by atoms with Crippen molar-refractivity contribution in [2.24, 2.45) is 5.92 Å². The van der Waals surface area contributed by atoms with Crippen molar-refractivity contribution in [3.05, 3.63) is 0 Å². The molecule has 3 atom stereocenters. The average molecular weight is 155 g/mol. The Morgan fingerprint density at radius 1 is 1.27 bits per heavy atom. The van der Waals surface area contributed by atoms with Crippen molar-refractivity contribution in [3.8, 4) is 0 Å². The lowest BCUT2D eigenvalue weighted by Crippen LogP contribution is -2.47. The summed E-state index contributed by atoms with van der Waals surface area (Å²) in [5.41, 5.74) is 0. The molecule has 2 fully saturated rings. The summed E-state index contributed by atoms with van der Waals surface area (Å²) in [7, 11) is 0. The van der Waals surface area contributed by atoms with E-state index in [4.69, 9.17) is 4.74 Å². The summed E-state index contributed by atoms with van der Waals surface area (Å²) < 4.78 is 5.30. The Morgan fingerprint density at radius 2 is 2.18 bits per heavy atom. The highest BCUT2D eigenvalue weighted by Gasteiger charge is 2.29. The molecule has 0 aromatic carbocycles. The molecule has 2 heteroatoms. The van der Waals surface area contributed by atoms with E-state index in [0.717, 1.165) is 25.2 Å². The van der Waals surface area contributed by atoms with Gasteiger partial charge in [0.15, 0.2) is 0 Å². The van der Waals surface area contributed by atoms with Gasteiger partial charge in [0, 0.05) is 18.7 Å². The lowest BCUT2D eigenvalue weighted by atomic mass is 9.81. The second-order valence-corrected chi connectivity index (χ2v) is 3.89. The summed E-state index contributed by atoms with van der Waals surface area (Å²) in [6.07, 6.45) is 3.99. The van der Waals surface area contributed by atoms with E-state index in [-0.39, 0.29) is 0 Å². The van der Waals surface area contributed by atoms with Crippen molar-refractivity contribution in [1.82, 2.24) is 5.32 Å². The van der Waals surface area contributed by atoms with Crippen LogP contribution in [0.15, 0.2) is 0 Å². The summed E-state index contributed by atoms with van der Waals surface area (Å²) >= 11 is 0. The van der Waals surface area contributed by atoms with Crippen molar-refractivity contribution in [2.45, 2.75) is 38.3 Å². The first-order valence-electron chi connectivity index (χ1n) is 4.70. The van der Waals surface area contributed by atoms with Crippen LogP contribution in [0.3, 0.4) is 0 Å². The van der Waals surface area contributed by atoms with E-state index in [9.17, 15) is 0 Å². The molecule has 1 N–H and O–H groups in total. The van der Waals surface area contributed by atoms with Gasteiger partial charge in [-0.2, -0.15) is 0 Å². The Hall–Kier alpha value is -0.0800. The van der Waals surface area contributed by atoms with Crippen molar-refractivity contribution < 1.29 is 4.74 Å². The standard InChI is InChI=1S/C9H17NO/c1-7-2-3-9(7)10-8-4-5-11-6-8/h7-10H,2-6H2,1H3. The van der Waals surface area contributed by atoms with Crippen LogP contribution in [0.25, 0.3) is 0 Å². The molecule has 1 heterocycles. The molecule has 0 radical (unpaired) electrons. The minimum absolute atomic E-state index is 0.655. The predicted molar refractivity (Wildman–Crippen MR) is 44.5 cm³/mol. The Bertz CT molecular complexity index is 132. The van der Waals surface area contributed by atoms with Crippen LogP contribution in [-0.4, -0.2) is 25.3 Å². The molecular weight excluding hydrogens is 138 g/mol. The van der Waals surface area contributed by atoms with Gasteiger partial charge in [0.2, 0.25) is 0 Å². The Balaban J connectivity index is 1.72. The molecule has 1 aliphatic heterocycles. The van der Waals surface area contributed by atoms with E-state index in [1.807, 2.05) is 0 Å². The van der Waals surface area contributed by atoms with Crippen LogP contribution in [0.2, 0.25) is 0 Å². The highest BCUT2D eigenvalue weighted by Crippen LogP contribution is 2.27. The van der Waals surface area contributed by atoms with Gasteiger partial charge in [-0.1, -0.05) is 6.92 Å². The summed E-state index contributed by atoms with van der Waals surface area (Å²) in [4.78, 5) is 0. The maximum atomic E-state index is 5.30. The van der Waals surface area contributed by atoms with Gasteiger partial charge in [-0.25, -0.2) is 0 Å². The highest BCUT2D eigenvalue weighted by atomic mass is 16.5. The molecule has 2 nitrogen and oxygen atoms in total. The molecule has 0 aromatic rings. The molecule has 0 bridgehead atoms. The third-order valence-electron chi connectivity index (χ3n) is 3.00. The van der Waals surface area contributed by atoms with E-state index in [2.05, 4.69) is 12.2 Å². The fraction of sp³-hybridized carbons (Fsp3) is 1.00. The predicted octanol–water partition coefficient (Wildman–Crippen LogP) is 1.16. The third kappa shape index (κ3) is 1.57. The number of nitrogens with one attached hydrogen (secondary N) is 1. The molecule has 3 unspecified atom stereocenters. The third-order valence-corrected chi connectivity index (χ3v) is 3.00. The minimum atomic E-state index is 0.655. The van der Waals surface area contributed by atoms with Gasteiger partial charge in [-0.15, -0.1) is 0 Å².